The SMILES string of the molecule is CCCCCCCCCCCCCCCCC(=O)OC[C@@H](COC(=O)CCCCCCCCCCCCCCCCCCCCC(C)CC)OC(=O)CCCCCCCCC(C)CC. The van der Waals surface area contributed by atoms with Gasteiger partial charge in [-0.25, -0.2) is 0 Å². The summed E-state index contributed by atoms with van der Waals surface area (Å²) in [6.07, 6.45) is 53.8. The second-order valence-electron chi connectivity index (χ2n) is 20.4. The van der Waals surface area contributed by atoms with Gasteiger partial charge < -0.3 is 14.2 Å². The molecule has 0 heterocycles. The number of carbonyl (C=O) groups is 3. The van der Waals surface area contributed by atoms with E-state index >= 15 is 0 Å². The van der Waals surface area contributed by atoms with Crippen LogP contribution < -0.4 is 0 Å². The molecule has 3 atom stereocenters. The molecule has 0 aliphatic rings. The van der Waals surface area contributed by atoms with Crippen molar-refractivity contribution in [3.05, 3.63) is 0 Å². The molecule has 0 spiro atoms. The van der Waals surface area contributed by atoms with Gasteiger partial charge >= 0.3 is 17.9 Å². The van der Waals surface area contributed by atoms with Crippen LogP contribution in [-0.2, 0) is 28.6 Å². The fourth-order valence-electron chi connectivity index (χ4n) is 8.81. The summed E-state index contributed by atoms with van der Waals surface area (Å²) in [5, 5.41) is 0. The molecule has 0 rings (SSSR count). The molecule has 0 saturated carbocycles. The van der Waals surface area contributed by atoms with Crippen LogP contribution in [0.1, 0.15) is 324 Å². The number of hydrogen-bond acceptors (Lipinski definition) is 6. The summed E-state index contributed by atoms with van der Waals surface area (Å²) < 4.78 is 16.8. The van der Waals surface area contributed by atoms with Gasteiger partial charge in [0.2, 0.25) is 0 Å². The second kappa shape index (κ2) is 50.8. The molecular weight excluding hydrogens is 793 g/mol. The number of esters is 3. The first kappa shape index (κ1) is 62.4. The zero-order chi connectivity index (χ0) is 46.8. The van der Waals surface area contributed by atoms with Crippen LogP contribution in [0, 0.1) is 11.8 Å². The topological polar surface area (TPSA) is 78.9 Å². The van der Waals surface area contributed by atoms with Gasteiger partial charge in [-0.2, -0.15) is 0 Å². The molecule has 0 aliphatic heterocycles. The highest BCUT2D eigenvalue weighted by molar-refractivity contribution is 5.71. The predicted octanol–water partition coefficient (Wildman–Crippen LogP) is 18.9. The van der Waals surface area contributed by atoms with E-state index in [0.29, 0.717) is 19.3 Å². The smallest absolute Gasteiger partial charge is 0.306 e. The highest BCUT2D eigenvalue weighted by atomic mass is 16.6. The summed E-state index contributed by atoms with van der Waals surface area (Å²) in [5.74, 6) is 0.875. The Kier molecular flexibility index (Phi) is 49.6. The van der Waals surface area contributed by atoms with Crippen LogP contribution >= 0.6 is 0 Å². The Hall–Kier alpha value is -1.59. The molecule has 0 fully saturated rings. The lowest BCUT2D eigenvalue weighted by Crippen LogP contribution is -2.30. The molecule has 0 radical (unpaired) electrons. The maximum atomic E-state index is 12.8. The lowest BCUT2D eigenvalue weighted by molar-refractivity contribution is -0.167. The lowest BCUT2D eigenvalue weighted by Gasteiger charge is -2.18. The summed E-state index contributed by atoms with van der Waals surface area (Å²) in [6, 6.07) is 0. The van der Waals surface area contributed by atoms with Crippen LogP contribution in [-0.4, -0.2) is 37.2 Å². The number of rotatable bonds is 52. The minimum atomic E-state index is -0.763. The molecule has 64 heavy (non-hydrogen) atoms. The second-order valence-corrected chi connectivity index (χ2v) is 20.4. The third-order valence-corrected chi connectivity index (χ3v) is 13.9. The quantitative estimate of drug-likeness (QED) is 0.0344. The summed E-state index contributed by atoms with van der Waals surface area (Å²) in [4.78, 5) is 38.0. The average molecular weight is 906 g/mol. The molecule has 0 bridgehead atoms. The van der Waals surface area contributed by atoms with E-state index in [4.69, 9.17) is 14.2 Å². The van der Waals surface area contributed by atoms with E-state index in [2.05, 4.69) is 34.6 Å². The van der Waals surface area contributed by atoms with Crippen LogP contribution in [0.2, 0.25) is 0 Å². The van der Waals surface area contributed by atoms with Crippen LogP contribution in [0.5, 0.6) is 0 Å². The monoisotopic (exact) mass is 905 g/mol. The highest BCUT2D eigenvalue weighted by Gasteiger charge is 2.19. The lowest BCUT2D eigenvalue weighted by atomic mass is 9.99. The van der Waals surface area contributed by atoms with Crippen LogP contribution in [0.4, 0.5) is 0 Å². The van der Waals surface area contributed by atoms with Crippen LogP contribution in [0.25, 0.3) is 0 Å². The van der Waals surface area contributed by atoms with Crippen molar-refractivity contribution in [1.29, 1.82) is 0 Å². The van der Waals surface area contributed by atoms with Crippen molar-refractivity contribution in [2.24, 2.45) is 11.8 Å². The largest absolute Gasteiger partial charge is 0.462 e. The zero-order valence-corrected chi connectivity index (χ0v) is 43.9. The third kappa shape index (κ3) is 48.3. The first-order valence-electron chi connectivity index (χ1n) is 28.8. The molecule has 0 saturated heterocycles. The summed E-state index contributed by atoms with van der Waals surface area (Å²) >= 11 is 0. The molecule has 0 amide bonds. The average Bonchev–Trinajstić information content (AvgIpc) is 3.29. The van der Waals surface area contributed by atoms with Crippen LogP contribution in [0.15, 0.2) is 0 Å². The number of hydrogen-bond donors (Lipinski definition) is 0. The summed E-state index contributed by atoms with van der Waals surface area (Å²) in [5.41, 5.74) is 0. The predicted molar refractivity (Wildman–Crippen MR) is 275 cm³/mol. The molecule has 0 aromatic rings. The number of unbranched alkanes of at least 4 members (excludes halogenated alkanes) is 35. The van der Waals surface area contributed by atoms with Gasteiger partial charge in [0.05, 0.1) is 0 Å². The van der Waals surface area contributed by atoms with Gasteiger partial charge in [0.25, 0.3) is 0 Å². The number of carbonyl (C=O) groups excluding carboxylic acids is 3. The van der Waals surface area contributed by atoms with Crippen molar-refractivity contribution in [3.63, 3.8) is 0 Å². The maximum Gasteiger partial charge on any atom is 0.306 e. The van der Waals surface area contributed by atoms with Crippen molar-refractivity contribution < 1.29 is 28.6 Å². The van der Waals surface area contributed by atoms with Crippen molar-refractivity contribution in [2.45, 2.75) is 330 Å². The molecule has 0 aromatic heterocycles. The Labute approximate surface area is 399 Å². The van der Waals surface area contributed by atoms with Gasteiger partial charge in [0.1, 0.15) is 13.2 Å². The van der Waals surface area contributed by atoms with Gasteiger partial charge in [-0.1, -0.05) is 285 Å². The van der Waals surface area contributed by atoms with E-state index in [9.17, 15) is 14.4 Å². The third-order valence-electron chi connectivity index (χ3n) is 13.9. The minimum absolute atomic E-state index is 0.0639. The zero-order valence-electron chi connectivity index (χ0n) is 43.9. The van der Waals surface area contributed by atoms with Gasteiger partial charge in [0.15, 0.2) is 6.10 Å². The normalized spacial score (nSPS) is 12.9. The molecular formula is C58H112O6. The highest BCUT2D eigenvalue weighted by Crippen LogP contribution is 2.19. The Balaban J connectivity index is 4.18. The van der Waals surface area contributed by atoms with Gasteiger partial charge in [-0.05, 0) is 31.1 Å². The summed E-state index contributed by atoms with van der Waals surface area (Å²) in [7, 11) is 0. The van der Waals surface area contributed by atoms with E-state index in [1.54, 1.807) is 0 Å². The maximum absolute atomic E-state index is 12.8. The number of ether oxygens (including phenoxy) is 3. The summed E-state index contributed by atoms with van der Waals surface area (Å²) in [6.45, 7) is 11.4. The van der Waals surface area contributed by atoms with Gasteiger partial charge in [-0.3, -0.25) is 14.4 Å². The molecule has 0 aromatic carbocycles. The fourth-order valence-corrected chi connectivity index (χ4v) is 8.81. The fraction of sp³-hybridized carbons (Fsp3) is 0.948. The first-order chi connectivity index (χ1) is 31.3. The molecule has 6 nitrogen and oxygen atoms in total. The minimum Gasteiger partial charge on any atom is -0.462 e. The van der Waals surface area contributed by atoms with E-state index in [0.717, 1.165) is 69.6 Å². The molecule has 6 heteroatoms. The van der Waals surface area contributed by atoms with Gasteiger partial charge in [0, 0.05) is 19.3 Å². The Morgan fingerprint density at radius 3 is 0.812 bits per heavy atom. The Bertz CT molecular complexity index is 982. The van der Waals surface area contributed by atoms with E-state index in [-0.39, 0.29) is 31.1 Å². The van der Waals surface area contributed by atoms with E-state index in [1.165, 1.54) is 212 Å². The molecule has 0 N–H and O–H groups in total. The van der Waals surface area contributed by atoms with Crippen molar-refractivity contribution >= 4 is 17.9 Å². The van der Waals surface area contributed by atoms with Crippen molar-refractivity contribution in [2.75, 3.05) is 13.2 Å². The molecule has 0 aliphatic carbocycles. The van der Waals surface area contributed by atoms with E-state index < -0.39 is 6.10 Å². The van der Waals surface area contributed by atoms with E-state index in [1.807, 2.05) is 0 Å². The Morgan fingerprint density at radius 1 is 0.312 bits per heavy atom. The molecule has 2 unspecified atom stereocenters. The van der Waals surface area contributed by atoms with Gasteiger partial charge in [-0.15, -0.1) is 0 Å². The van der Waals surface area contributed by atoms with Crippen molar-refractivity contribution in [3.8, 4) is 0 Å². The standard InChI is InChI=1S/C58H112O6/c1-6-9-10-11-12-13-14-15-23-26-29-32-38-43-48-56(59)62-51-55(64-58(61)50-45-40-35-34-37-42-47-54(5)8-3)52-63-57(60)49-44-39-33-30-27-24-21-19-17-16-18-20-22-25-28-31-36-41-46-53(4)7-2/h53-55H,6-52H2,1-5H3/t53?,54?,55-/m0/s1. The molecule has 380 valence electrons. The van der Waals surface area contributed by atoms with Crippen LogP contribution in [0.3, 0.4) is 0 Å². The first-order valence-corrected chi connectivity index (χ1v) is 28.8. The Morgan fingerprint density at radius 2 is 0.547 bits per heavy atom. The van der Waals surface area contributed by atoms with Crippen molar-refractivity contribution in [1.82, 2.24) is 0 Å².